The van der Waals surface area contributed by atoms with E-state index >= 15 is 0 Å². The van der Waals surface area contributed by atoms with Crippen LogP contribution in [-0.2, 0) is 33.7 Å². The third-order valence-electron chi connectivity index (χ3n) is 4.75. The molecule has 0 amide bonds. The van der Waals surface area contributed by atoms with E-state index in [1.165, 1.54) is 7.11 Å². The van der Waals surface area contributed by atoms with Crippen LogP contribution in [0.4, 0.5) is 0 Å². The molecular formula is C21H24N4O5. The van der Waals surface area contributed by atoms with Crippen molar-refractivity contribution in [3.8, 4) is 5.69 Å². The van der Waals surface area contributed by atoms with Gasteiger partial charge in [-0.2, -0.15) is 10.1 Å². The zero-order valence-electron chi connectivity index (χ0n) is 17.5. The molecule has 0 radical (unpaired) electrons. The number of esters is 2. The number of methoxy groups -OCH3 is 1. The van der Waals surface area contributed by atoms with E-state index in [0.29, 0.717) is 30.7 Å². The van der Waals surface area contributed by atoms with Gasteiger partial charge in [0.15, 0.2) is 12.4 Å². The summed E-state index contributed by atoms with van der Waals surface area (Å²) >= 11 is 0. The van der Waals surface area contributed by atoms with E-state index < -0.39 is 5.97 Å². The van der Waals surface area contributed by atoms with Crippen LogP contribution in [-0.4, -0.2) is 39.0 Å². The van der Waals surface area contributed by atoms with Gasteiger partial charge in [0, 0.05) is 18.5 Å². The molecule has 0 aliphatic heterocycles. The molecule has 0 aliphatic rings. The summed E-state index contributed by atoms with van der Waals surface area (Å²) in [5, 5.41) is 8.33. The van der Waals surface area contributed by atoms with Gasteiger partial charge in [0.25, 0.3) is 5.89 Å². The van der Waals surface area contributed by atoms with Crippen molar-refractivity contribution in [1.82, 2.24) is 19.9 Å². The number of benzene rings is 1. The summed E-state index contributed by atoms with van der Waals surface area (Å²) in [6.45, 7) is 5.69. The van der Waals surface area contributed by atoms with Crippen molar-refractivity contribution in [2.75, 3.05) is 7.11 Å². The Hall–Kier alpha value is -3.49. The molecule has 2 heterocycles. The van der Waals surface area contributed by atoms with Gasteiger partial charge in [-0.3, -0.25) is 4.79 Å². The van der Waals surface area contributed by atoms with E-state index in [2.05, 4.69) is 15.2 Å². The average Bonchev–Trinajstić information content (AvgIpc) is 3.34. The minimum absolute atomic E-state index is 0.0748. The highest BCUT2D eigenvalue weighted by molar-refractivity contribution is 5.89. The Morgan fingerprint density at radius 2 is 1.90 bits per heavy atom. The molecule has 0 saturated heterocycles. The Bertz CT molecular complexity index is 1040. The quantitative estimate of drug-likeness (QED) is 0.520. The fraction of sp³-hybridized carbons (Fsp3) is 0.381. The second-order valence-corrected chi connectivity index (χ2v) is 6.72. The van der Waals surface area contributed by atoms with Crippen LogP contribution < -0.4 is 0 Å². The molecule has 0 bridgehead atoms. The maximum Gasteiger partial charge on any atom is 0.338 e. The van der Waals surface area contributed by atoms with Crippen LogP contribution in [0.25, 0.3) is 5.69 Å². The van der Waals surface area contributed by atoms with Crippen LogP contribution in [0.5, 0.6) is 0 Å². The Morgan fingerprint density at radius 3 is 2.53 bits per heavy atom. The van der Waals surface area contributed by atoms with Gasteiger partial charge in [0.1, 0.15) is 0 Å². The summed E-state index contributed by atoms with van der Waals surface area (Å²) in [7, 11) is 1.38. The van der Waals surface area contributed by atoms with Crippen LogP contribution >= 0.6 is 0 Å². The molecule has 0 unspecified atom stereocenters. The van der Waals surface area contributed by atoms with Crippen LogP contribution in [0, 0.1) is 13.8 Å². The molecular weight excluding hydrogens is 388 g/mol. The van der Waals surface area contributed by atoms with Gasteiger partial charge in [0.2, 0.25) is 0 Å². The lowest BCUT2D eigenvalue weighted by Gasteiger charge is -2.07. The van der Waals surface area contributed by atoms with Crippen molar-refractivity contribution in [2.24, 2.45) is 0 Å². The summed E-state index contributed by atoms with van der Waals surface area (Å²) in [5.74, 6) is 0.0981. The molecule has 0 aliphatic carbocycles. The standard InChI is InChI=1S/C21H24N4O5/c1-5-18-22-19(30-24-18)12-29-21(27)15-6-8-16(9-7-15)25-14(3)17(13(2)23-25)10-11-20(26)28-4/h6-9H,5,10-12H2,1-4H3. The normalized spacial score (nSPS) is 10.8. The average molecular weight is 412 g/mol. The number of carbonyl (C=O) groups excluding carboxylic acids is 2. The molecule has 0 saturated carbocycles. The van der Waals surface area contributed by atoms with Gasteiger partial charge in [0.05, 0.1) is 24.1 Å². The van der Waals surface area contributed by atoms with Crippen LogP contribution in [0.3, 0.4) is 0 Å². The number of aromatic nitrogens is 4. The molecule has 158 valence electrons. The van der Waals surface area contributed by atoms with Crippen molar-refractivity contribution in [2.45, 2.75) is 46.6 Å². The van der Waals surface area contributed by atoms with E-state index in [1.54, 1.807) is 28.9 Å². The number of aryl methyl sites for hydroxylation is 2. The fourth-order valence-electron chi connectivity index (χ4n) is 3.06. The second-order valence-electron chi connectivity index (χ2n) is 6.72. The molecule has 9 heteroatoms. The highest BCUT2D eigenvalue weighted by Gasteiger charge is 2.16. The Balaban J connectivity index is 1.67. The van der Waals surface area contributed by atoms with Crippen molar-refractivity contribution >= 4 is 11.9 Å². The maximum atomic E-state index is 12.3. The lowest BCUT2D eigenvalue weighted by molar-refractivity contribution is -0.140. The Labute approximate surface area is 174 Å². The smallest absolute Gasteiger partial charge is 0.338 e. The van der Waals surface area contributed by atoms with Crippen molar-refractivity contribution in [3.05, 3.63) is 58.5 Å². The van der Waals surface area contributed by atoms with Crippen LogP contribution in [0.1, 0.15) is 52.4 Å². The van der Waals surface area contributed by atoms with E-state index in [9.17, 15) is 9.59 Å². The molecule has 0 spiro atoms. The first-order valence-corrected chi connectivity index (χ1v) is 9.63. The summed E-state index contributed by atoms with van der Waals surface area (Å²) < 4.78 is 16.7. The van der Waals surface area contributed by atoms with Gasteiger partial charge in [-0.15, -0.1) is 0 Å². The maximum absolute atomic E-state index is 12.3. The Morgan fingerprint density at radius 1 is 1.17 bits per heavy atom. The zero-order valence-corrected chi connectivity index (χ0v) is 17.5. The minimum Gasteiger partial charge on any atom is -0.469 e. The highest BCUT2D eigenvalue weighted by Crippen LogP contribution is 2.20. The molecule has 30 heavy (non-hydrogen) atoms. The van der Waals surface area contributed by atoms with Gasteiger partial charge in [-0.1, -0.05) is 12.1 Å². The summed E-state index contributed by atoms with van der Waals surface area (Å²) in [5.41, 5.74) is 4.01. The largest absolute Gasteiger partial charge is 0.469 e. The molecule has 0 N–H and O–H groups in total. The molecule has 1 aromatic carbocycles. The number of ether oxygens (including phenoxy) is 2. The molecule has 0 fully saturated rings. The first-order chi connectivity index (χ1) is 14.4. The first kappa shape index (κ1) is 21.2. The van der Waals surface area contributed by atoms with E-state index in [0.717, 1.165) is 22.6 Å². The lowest BCUT2D eigenvalue weighted by atomic mass is 10.1. The molecule has 0 atom stereocenters. The van der Waals surface area contributed by atoms with Crippen molar-refractivity contribution in [1.29, 1.82) is 0 Å². The van der Waals surface area contributed by atoms with Gasteiger partial charge >= 0.3 is 11.9 Å². The van der Waals surface area contributed by atoms with E-state index in [1.807, 2.05) is 20.8 Å². The number of carbonyl (C=O) groups is 2. The van der Waals surface area contributed by atoms with Crippen molar-refractivity contribution < 1.29 is 23.6 Å². The summed E-state index contributed by atoms with van der Waals surface area (Å²) in [4.78, 5) is 27.8. The number of nitrogens with zero attached hydrogens (tertiary/aromatic N) is 4. The lowest BCUT2D eigenvalue weighted by Crippen LogP contribution is -2.06. The zero-order chi connectivity index (χ0) is 21.7. The third kappa shape index (κ3) is 4.73. The molecule has 2 aromatic heterocycles. The van der Waals surface area contributed by atoms with Gasteiger partial charge in [-0.05, 0) is 50.1 Å². The number of rotatable bonds is 8. The monoisotopic (exact) mass is 412 g/mol. The topological polar surface area (TPSA) is 109 Å². The minimum atomic E-state index is -0.482. The predicted molar refractivity (Wildman–Crippen MR) is 106 cm³/mol. The second kappa shape index (κ2) is 9.34. The molecule has 3 rings (SSSR count). The Kier molecular flexibility index (Phi) is 6.61. The molecule has 3 aromatic rings. The number of hydrogen-bond donors (Lipinski definition) is 0. The van der Waals surface area contributed by atoms with E-state index in [-0.39, 0.29) is 18.5 Å². The highest BCUT2D eigenvalue weighted by atomic mass is 16.6. The SMILES string of the molecule is CCc1noc(COC(=O)c2ccc(-n3nc(C)c(CCC(=O)OC)c3C)cc2)n1. The van der Waals surface area contributed by atoms with Crippen LogP contribution in [0.2, 0.25) is 0 Å². The summed E-state index contributed by atoms with van der Waals surface area (Å²) in [6.07, 6.45) is 1.51. The van der Waals surface area contributed by atoms with Gasteiger partial charge < -0.3 is 14.0 Å². The van der Waals surface area contributed by atoms with Crippen molar-refractivity contribution in [3.63, 3.8) is 0 Å². The third-order valence-corrected chi connectivity index (χ3v) is 4.75. The van der Waals surface area contributed by atoms with Gasteiger partial charge in [-0.25, -0.2) is 9.48 Å². The predicted octanol–water partition coefficient (Wildman–Crippen LogP) is 2.90. The number of hydrogen-bond acceptors (Lipinski definition) is 8. The van der Waals surface area contributed by atoms with Crippen LogP contribution in [0.15, 0.2) is 28.8 Å². The van der Waals surface area contributed by atoms with E-state index in [4.69, 9.17) is 14.0 Å². The summed E-state index contributed by atoms with van der Waals surface area (Å²) in [6, 6.07) is 6.94. The first-order valence-electron chi connectivity index (χ1n) is 9.63. The molecule has 9 nitrogen and oxygen atoms in total. The fourth-order valence-corrected chi connectivity index (χ4v) is 3.06.